The minimum atomic E-state index is 0.0439. The molecule has 2 unspecified atom stereocenters. The molecule has 3 nitrogen and oxygen atoms in total. The van der Waals surface area contributed by atoms with Gasteiger partial charge in [-0.1, -0.05) is 0 Å². The van der Waals surface area contributed by atoms with Crippen molar-refractivity contribution in [1.29, 1.82) is 0 Å². The molecule has 0 aliphatic carbocycles. The van der Waals surface area contributed by atoms with Crippen molar-refractivity contribution in [2.45, 2.75) is 51.7 Å². The Bertz CT molecular complexity index is 168. The molecular formula is C9H18N2O. The van der Waals surface area contributed by atoms with Crippen LogP contribution in [0.3, 0.4) is 0 Å². The van der Waals surface area contributed by atoms with E-state index < -0.39 is 0 Å². The monoisotopic (exact) mass is 170 g/mol. The summed E-state index contributed by atoms with van der Waals surface area (Å²) >= 11 is 0. The van der Waals surface area contributed by atoms with Crippen molar-refractivity contribution >= 4 is 5.91 Å². The summed E-state index contributed by atoms with van der Waals surface area (Å²) < 4.78 is 0. The van der Waals surface area contributed by atoms with Gasteiger partial charge in [-0.25, -0.2) is 0 Å². The van der Waals surface area contributed by atoms with Crippen LogP contribution in [-0.2, 0) is 4.79 Å². The highest BCUT2D eigenvalue weighted by Crippen LogP contribution is 2.11. The Kier molecular flexibility index (Phi) is 3.09. The molecule has 0 aromatic carbocycles. The van der Waals surface area contributed by atoms with E-state index in [9.17, 15) is 4.79 Å². The third kappa shape index (κ3) is 2.48. The molecule has 2 atom stereocenters. The van der Waals surface area contributed by atoms with E-state index in [1.165, 1.54) is 0 Å². The fraction of sp³-hybridized carbons (Fsp3) is 0.889. The van der Waals surface area contributed by atoms with Gasteiger partial charge in [-0.05, 0) is 33.6 Å². The number of amides is 1. The molecule has 1 fully saturated rings. The van der Waals surface area contributed by atoms with Crippen LogP contribution in [0.4, 0.5) is 0 Å². The Morgan fingerprint density at radius 2 is 2.17 bits per heavy atom. The molecule has 1 saturated heterocycles. The van der Waals surface area contributed by atoms with Crippen LogP contribution in [0, 0.1) is 0 Å². The highest BCUT2D eigenvalue weighted by atomic mass is 16.2. The van der Waals surface area contributed by atoms with Gasteiger partial charge in [0.15, 0.2) is 0 Å². The fourth-order valence-electron chi connectivity index (χ4n) is 1.52. The second-order valence-electron chi connectivity index (χ2n) is 3.86. The lowest BCUT2D eigenvalue weighted by Gasteiger charge is -2.14. The van der Waals surface area contributed by atoms with Crippen molar-refractivity contribution in [2.75, 3.05) is 0 Å². The molecule has 1 rings (SSSR count). The van der Waals surface area contributed by atoms with E-state index in [1.807, 2.05) is 13.8 Å². The van der Waals surface area contributed by atoms with Crippen molar-refractivity contribution in [2.24, 2.45) is 0 Å². The summed E-state index contributed by atoms with van der Waals surface area (Å²) in [6.45, 7) is 6.08. The lowest BCUT2D eigenvalue weighted by molar-refractivity contribution is -0.123. The molecule has 12 heavy (non-hydrogen) atoms. The lowest BCUT2D eigenvalue weighted by atomic mass is 10.2. The third-order valence-corrected chi connectivity index (χ3v) is 2.12. The molecule has 1 aliphatic heterocycles. The van der Waals surface area contributed by atoms with Gasteiger partial charge in [-0.15, -0.1) is 0 Å². The maximum Gasteiger partial charge on any atom is 0.237 e. The molecule has 1 heterocycles. The van der Waals surface area contributed by atoms with Crippen LogP contribution in [0.5, 0.6) is 0 Å². The number of carbonyl (C=O) groups is 1. The smallest absolute Gasteiger partial charge is 0.237 e. The van der Waals surface area contributed by atoms with E-state index in [4.69, 9.17) is 0 Å². The summed E-state index contributed by atoms with van der Waals surface area (Å²) in [5.41, 5.74) is 0. The largest absolute Gasteiger partial charge is 0.353 e. The highest BCUT2D eigenvalue weighted by molar-refractivity contribution is 5.82. The molecule has 1 aliphatic rings. The zero-order valence-electron chi connectivity index (χ0n) is 8.05. The van der Waals surface area contributed by atoms with Gasteiger partial charge >= 0.3 is 0 Å². The molecule has 0 radical (unpaired) electrons. The van der Waals surface area contributed by atoms with Crippen LogP contribution in [-0.4, -0.2) is 24.0 Å². The Morgan fingerprint density at radius 3 is 2.58 bits per heavy atom. The number of rotatable bonds is 2. The highest BCUT2D eigenvalue weighted by Gasteiger charge is 2.26. The van der Waals surface area contributed by atoms with Crippen LogP contribution in [0.2, 0.25) is 0 Å². The van der Waals surface area contributed by atoms with E-state index in [-0.39, 0.29) is 18.0 Å². The summed E-state index contributed by atoms with van der Waals surface area (Å²) in [5.74, 6) is 0.148. The second-order valence-corrected chi connectivity index (χ2v) is 3.86. The Hall–Kier alpha value is -0.570. The molecule has 70 valence electrons. The average Bonchev–Trinajstić information content (AvgIpc) is 2.34. The van der Waals surface area contributed by atoms with E-state index in [1.54, 1.807) is 0 Å². The van der Waals surface area contributed by atoms with E-state index >= 15 is 0 Å². The Morgan fingerprint density at radius 1 is 1.50 bits per heavy atom. The summed E-state index contributed by atoms with van der Waals surface area (Å²) in [6.07, 6.45) is 2.08. The normalized spacial score (nSPS) is 29.3. The Balaban J connectivity index is 2.33. The van der Waals surface area contributed by atoms with Crippen LogP contribution in [0.1, 0.15) is 33.6 Å². The van der Waals surface area contributed by atoms with Crippen LogP contribution >= 0.6 is 0 Å². The molecule has 3 heteroatoms. The van der Waals surface area contributed by atoms with Crippen LogP contribution < -0.4 is 10.6 Å². The zero-order valence-corrected chi connectivity index (χ0v) is 8.05. The maximum absolute atomic E-state index is 11.4. The van der Waals surface area contributed by atoms with Gasteiger partial charge in [0, 0.05) is 12.1 Å². The maximum atomic E-state index is 11.4. The van der Waals surface area contributed by atoms with Crippen molar-refractivity contribution < 1.29 is 4.79 Å². The molecule has 1 amide bonds. The first kappa shape index (κ1) is 9.52. The number of carbonyl (C=O) groups excluding carboxylic acids is 1. The topological polar surface area (TPSA) is 41.1 Å². The minimum Gasteiger partial charge on any atom is -0.353 e. The SMILES string of the molecule is CC(C)NC(=O)C1CCC(C)N1. The number of hydrogen-bond donors (Lipinski definition) is 2. The molecule has 0 spiro atoms. The van der Waals surface area contributed by atoms with Gasteiger partial charge in [0.1, 0.15) is 0 Å². The second kappa shape index (κ2) is 3.90. The van der Waals surface area contributed by atoms with Gasteiger partial charge in [0.05, 0.1) is 6.04 Å². The van der Waals surface area contributed by atoms with Gasteiger partial charge in [0.25, 0.3) is 0 Å². The van der Waals surface area contributed by atoms with E-state index in [2.05, 4.69) is 17.6 Å². The number of nitrogens with one attached hydrogen (secondary N) is 2. The minimum absolute atomic E-state index is 0.0439. The standard InChI is InChI=1S/C9H18N2O/c1-6(2)10-9(12)8-5-4-7(3)11-8/h6-8,11H,4-5H2,1-3H3,(H,10,12). The van der Waals surface area contributed by atoms with E-state index in [0.29, 0.717) is 6.04 Å². The Labute approximate surface area is 73.9 Å². The molecule has 2 N–H and O–H groups in total. The average molecular weight is 170 g/mol. The molecule has 0 aromatic rings. The summed E-state index contributed by atoms with van der Waals surface area (Å²) in [7, 11) is 0. The fourth-order valence-corrected chi connectivity index (χ4v) is 1.52. The summed E-state index contributed by atoms with van der Waals surface area (Å²) in [6, 6.07) is 0.783. The number of hydrogen-bond acceptors (Lipinski definition) is 2. The molecular weight excluding hydrogens is 152 g/mol. The first-order chi connectivity index (χ1) is 5.59. The summed E-state index contributed by atoms with van der Waals surface area (Å²) in [5, 5.41) is 6.15. The zero-order chi connectivity index (χ0) is 9.14. The van der Waals surface area contributed by atoms with Crippen LogP contribution in [0.25, 0.3) is 0 Å². The predicted octanol–water partition coefficient (Wildman–Crippen LogP) is 0.651. The van der Waals surface area contributed by atoms with Gasteiger partial charge in [-0.2, -0.15) is 0 Å². The summed E-state index contributed by atoms with van der Waals surface area (Å²) in [4.78, 5) is 11.4. The van der Waals surface area contributed by atoms with Gasteiger partial charge < -0.3 is 10.6 Å². The molecule has 0 aromatic heterocycles. The van der Waals surface area contributed by atoms with Crippen molar-refractivity contribution in [3.05, 3.63) is 0 Å². The first-order valence-corrected chi connectivity index (χ1v) is 4.66. The predicted molar refractivity (Wildman–Crippen MR) is 48.9 cm³/mol. The van der Waals surface area contributed by atoms with E-state index in [0.717, 1.165) is 12.8 Å². The van der Waals surface area contributed by atoms with Crippen molar-refractivity contribution in [3.63, 3.8) is 0 Å². The van der Waals surface area contributed by atoms with Gasteiger partial charge in [-0.3, -0.25) is 4.79 Å². The first-order valence-electron chi connectivity index (χ1n) is 4.66. The quantitative estimate of drug-likeness (QED) is 0.639. The molecule has 0 bridgehead atoms. The van der Waals surface area contributed by atoms with Gasteiger partial charge in [0.2, 0.25) is 5.91 Å². The van der Waals surface area contributed by atoms with Crippen molar-refractivity contribution in [3.8, 4) is 0 Å². The third-order valence-electron chi connectivity index (χ3n) is 2.12. The van der Waals surface area contributed by atoms with Crippen LogP contribution in [0.15, 0.2) is 0 Å². The molecule has 0 saturated carbocycles. The lowest BCUT2D eigenvalue weighted by Crippen LogP contribution is -2.44. The van der Waals surface area contributed by atoms with Crippen molar-refractivity contribution in [1.82, 2.24) is 10.6 Å².